The molecular formula is C15H17N7O. The third kappa shape index (κ3) is 3.06. The molecule has 0 fully saturated rings. The number of aromatic nitrogens is 3. The average Bonchev–Trinajstić information content (AvgIpc) is 2.98. The number of nitrogen functional groups attached to an aromatic ring is 3. The molecule has 0 aliphatic heterocycles. The molecule has 118 valence electrons. The summed E-state index contributed by atoms with van der Waals surface area (Å²) in [5.41, 5.74) is 17.6. The van der Waals surface area contributed by atoms with Gasteiger partial charge in [-0.15, -0.1) is 0 Å². The van der Waals surface area contributed by atoms with Crippen LogP contribution < -0.4 is 22.7 Å². The third-order valence-corrected chi connectivity index (χ3v) is 3.44. The zero-order valence-corrected chi connectivity index (χ0v) is 12.6. The van der Waals surface area contributed by atoms with Crippen molar-refractivity contribution in [1.82, 2.24) is 15.1 Å². The molecule has 0 amide bonds. The van der Waals surface area contributed by atoms with Crippen molar-refractivity contribution in [3.8, 4) is 11.4 Å². The SMILES string of the molecule is Cc1nc(-c2ccc(Cc3cc(N)nc(NN)c3N)cc2)no1. The summed E-state index contributed by atoms with van der Waals surface area (Å²) in [6.45, 7) is 1.75. The van der Waals surface area contributed by atoms with E-state index >= 15 is 0 Å². The van der Waals surface area contributed by atoms with E-state index in [9.17, 15) is 0 Å². The van der Waals surface area contributed by atoms with E-state index in [4.69, 9.17) is 21.8 Å². The maximum absolute atomic E-state index is 6.04. The van der Waals surface area contributed by atoms with E-state index < -0.39 is 0 Å². The molecule has 23 heavy (non-hydrogen) atoms. The first-order valence-corrected chi connectivity index (χ1v) is 6.98. The van der Waals surface area contributed by atoms with Crippen molar-refractivity contribution in [2.45, 2.75) is 13.3 Å². The van der Waals surface area contributed by atoms with Gasteiger partial charge >= 0.3 is 0 Å². The lowest BCUT2D eigenvalue weighted by molar-refractivity contribution is 0.394. The topological polar surface area (TPSA) is 142 Å². The summed E-state index contributed by atoms with van der Waals surface area (Å²) >= 11 is 0. The number of anilines is 3. The third-order valence-electron chi connectivity index (χ3n) is 3.44. The summed E-state index contributed by atoms with van der Waals surface area (Å²) in [6, 6.07) is 9.57. The minimum absolute atomic E-state index is 0.362. The Labute approximate surface area is 132 Å². The number of benzene rings is 1. The van der Waals surface area contributed by atoms with Gasteiger partial charge in [-0.2, -0.15) is 4.98 Å². The van der Waals surface area contributed by atoms with Gasteiger partial charge in [0.15, 0.2) is 5.82 Å². The van der Waals surface area contributed by atoms with Crippen molar-refractivity contribution in [2.75, 3.05) is 16.9 Å². The number of pyridine rings is 1. The zero-order chi connectivity index (χ0) is 16.4. The van der Waals surface area contributed by atoms with Crippen LogP contribution in [0.25, 0.3) is 11.4 Å². The highest BCUT2D eigenvalue weighted by Gasteiger charge is 2.10. The molecule has 8 heteroatoms. The number of hydrogen-bond donors (Lipinski definition) is 4. The number of rotatable bonds is 4. The van der Waals surface area contributed by atoms with Crippen molar-refractivity contribution in [1.29, 1.82) is 0 Å². The lowest BCUT2D eigenvalue weighted by Crippen LogP contribution is -2.13. The first-order valence-electron chi connectivity index (χ1n) is 6.98. The number of nitrogens with two attached hydrogens (primary N) is 3. The van der Waals surface area contributed by atoms with Gasteiger partial charge in [0.25, 0.3) is 0 Å². The van der Waals surface area contributed by atoms with Crippen LogP contribution in [0.15, 0.2) is 34.9 Å². The average molecular weight is 311 g/mol. The molecule has 0 bridgehead atoms. The molecule has 7 N–H and O–H groups in total. The second-order valence-electron chi connectivity index (χ2n) is 5.12. The van der Waals surface area contributed by atoms with Crippen LogP contribution in [0.3, 0.4) is 0 Å². The molecule has 0 saturated heterocycles. The standard InChI is InChI=1S/C15H17N7O/c1-8-19-14(22-23-8)10-4-2-9(3-5-10)6-11-7-12(16)20-15(21-18)13(11)17/h2-5,7H,6,17-18H2,1H3,(H3,16,20,21). The molecule has 0 aliphatic rings. The summed E-state index contributed by atoms with van der Waals surface area (Å²) in [5, 5.41) is 3.90. The normalized spacial score (nSPS) is 10.7. The molecule has 0 unspecified atom stereocenters. The van der Waals surface area contributed by atoms with Crippen molar-refractivity contribution < 1.29 is 4.52 Å². The van der Waals surface area contributed by atoms with Gasteiger partial charge in [-0.1, -0.05) is 29.4 Å². The molecule has 0 saturated carbocycles. The van der Waals surface area contributed by atoms with E-state index in [-0.39, 0.29) is 0 Å². The maximum Gasteiger partial charge on any atom is 0.223 e. The van der Waals surface area contributed by atoms with E-state index in [1.807, 2.05) is 24.3 Å². The Morgan fingerprint density at radius 2 is 1.87 bits per heavy atom. The van der Waals surface area contributed by atoms with Crippen LogP contribution in [0.5, 0.6) is 0 Å². The Balaban J connectivity index is 1.85. The van der Waals surface area contributed by atoms with Crippen LogP contribution in [-0.4, -0.2) is 15.1 Å². The fraction of sp³-hybridized carbons (Fsp3) is 0.133. The number of hydrogen-bond acceptors (Lipinski definition) is 8. The molecular weight excluding hydrogens is 294 g/mol. The molecule has 3 aromatic rings. The van der Waals surface area contributed by atoms with Gasteiger partial charge in [-0.3, -0.25) is 0 Å². The van der Waals surface area contributed by atoms with Gasteiger partial charge in [0.1, 0.15) is 5.82 Å². The van der Waals surface area contributed by atoms with E-state index in [0.717, 1.165) is 16.7 Å². The second-order valence-corrected chi connectivity index (χ2v) is 5.12. The summed E-state index contributed by atoms with van der Waals surface area (Å²) in [7, 11) is 0. The van der Waals surface area contributed by atoms with Crippen LogP contribution in [0, 0.1) is 6.92 Å². The lowest BCUT2D eigenvalue weighted by atomic mass is 10.0. The summed E-state index contributed by atoms with van der Waals surface area (Å²) in [6.07, 6.45) is 0.610. The summed E-state index contributed by atoms with van der Waals surface area (Å²) in [5.74, 6) is 7.23. The maximum atomic E-state index is 6.04. The van der Waals surface area contributed by atoms with Crippen LogP contribution in [0.4, 0.5) is 17.3 Å². The predicted octanol–water partition coefficient (Wildman–Crippen LogP) is 1.48. The molecule has 0 spiro atoms. The van der Waals surface area contributed by atoms with Gasteiger partial charge in [0.05, 0.1) is 5.69 Å². The van der Waals surface area contributed by atoms with Crippen molar-refractivity contribution in [3.63, 3.8) is 0 Å². The van der Waals surface area contributed by atoms with Crippen molar-refractivity contribution in [3.05, 3.63) is 47.3 Å². The smallest absolute Gasteiger partial charge is 0.223 e. The minimum atomic E-state index is 0.362. The van der Waals surface area contributed by atoms with Gasteiger partial charge in [0, 0.05) is 12.5 Å². The molecule has 0 aliphatic carbocycles. The van der Waals surface area contributed by atoms with E-state index in [1.54, 1.807) is 13.0 Å². The highest BCUT2D eigenvalue weighted by molar-refractivity contribution is 5.69. The number of nitrogens with one attached hydrogen (secondary N) is 1. The molecule has 2 aromatic heterocycles. The van der Waals surface area contributed by atoms with Crippen molar-refractivity contribution in [2.24, 2.45) is 5.84 Å². The Morgan fingerprint density at radius 3 is 2.48 bits per heavy atom. The Kier molecular flexibility index (Phi) is 3.82. The first-order chi connectivity index (χ1) is 11.1. The molecule has 1 aromatic carbocycles. The van der Waals surface area contributed by atoms with Crippen LogP contribution in [-0.2, 0) is 6.42 Å². The van der Waals surface area contributed by atoms with E-state index in [1.165, 1.54) is 0 Å². The number of hydrazine groups is 1. The summed E-state index contributed by atoms with van der Waals surface area (Å²) < 4.78 is 4.98. The minimum Gasteiger partial charge on any atom is -0.395 e. The Morgan fingerprint density at radius 1 is 1.13 bits per heavy atom. The number of aryl methyl sites for hydroxylation is 1. The van der Waals surface area contributed by atoms with Gasteiger partial charge in [-0.05, 0) is 23.6 Å². The summed E-state index contributed by atoms with van der Waals surface area (Å²) in [4.78, 5) is 8.24. The molecule has 0 radical (unpaired) electrons. The highest BCUT2D eigenvalue weighted by Crippen LogP contribution is 2.25. The fourth-order valence-corrected chi connectivity index (χ4v) is 2.29. The van der Waals surface area contributed by atoms with Gasteiger partial charge < -0.3 is 21.4 Å². The van der Waals surface area contributed by atoms with Crippen molar-refractivity contribution >= 4 is 17.3 Å². The van der Waals surface area contributed by atoms with Crippen LogP contribution >= 0.6 is 0 Å². The fourth-order valence-electron chi connectivity index (χ4n) is 2.29. The quantitative estimate of drug-likeness (QED) is 0.419. The highest BCUT2D eigenvalue weighted by atomic mass is 16.5. The van der Waals surface area contributed by atoms with Gasteiger partial charge in [0.2, 0.25) is 11.7 Å². The van der Waals surface area contributed by atoms with Crippen LogP contribution in [0.1, 0.15) is 17.0 Å². The molecule has 3 rings (SSSR count). The first kappa shape index (κ1) is 14.8. The lowest BCUT2D eigenvalue weighted by Gasteiger charge is -2.11. The van der Waals surface area contributed by atoms with Crippen LogP contribution in [0.2, 0.25) is 0 Å². The monoisotopic (exact) mass is 311 g/mol. The van der Waals surface area contributed by atoms with E-state index in [2.05, 4.69) is 20.6 Å². The molecule has 0 atom stereocenters. The Bertz CT molecular complexity index is 826. The largest absolute Gasteiger partial charge is 0.395 e. The van der Waals surface area contributed by atoms with Gasteiger partial charge in [-0.25, -0.2) is 10.8 Å². The Hall–Kier alpha value is -3.13. The molecule has 8 nitrogen and oxygen atoms in total. The zero-order valence-electron chi connectivity index (χ0n) is 12.6. The predicted molar refractivity (Wildman–Crippen MR) is 88.1 cm³/mol. The second kappa shape index (κ2) is 5.93. The molecule has 2 heterocycles. The number of nitrogens with zero attached hydrogens (tertiary/aromatic N) is 3. The van der Waals surface area contributed by atoms with E-state index in [0.29, 0.717) is 35.5 Å².